The first-order valence-corrected chi connectivity index (χ1v) is 5.93. The Morgan fingerprint density at radius 1 is 1.40 bits per heavy atom. The molecular weight excluding hydrogens is 184 g/mol. The summed E-state index contributed by atoms with van der Waals surface area (Å²) in [6.45, 7) is 3.41. The van der Waals surface area contributed by atoms with Crippen LogP contribution in [0.5, 0.6) is 0 Å². The molecule has 0 aromatic heterocycles. The van der Waals surface area contributed by atoms with Crippen molar-refractivity contribution in [3.05, 3.63) is 24.3 Å². The lowest BCUT2D eigenvalue weighted by molar-refractivity contribution is 0.713. The van der Waals surface area contributed by atoms with Gasteiger partial charge in [0.2, 0.25) is 0 Å². The summed E-state index contributed by atoms with van der Waals surface area (Å²) < 4.78 is 0. The maximum absolute atomic E-state index is 5.82. The minimum atomic E-state index is 0.776. The smallest absolute Gasteiger partial charge is 0.0389 e. The van der Waals surface area contributed by atoms with Gasteiger partial charge in [-0.05, 0) is 37.5 Å². The molecule has 0 radical (unpaired) electrons. The summed E-state index contributed by atoms with van der Waals surface area (Å²) in [5.74, 6) is 0. The standard InChI is InChI=1S/C13H20N2/c1-2-3-9-15(12-7-8-12)13-6-4-5-11(14)10-13/h4-6,10,12H,2-3,7-9,14H2,1H3. The van der Waals surface area contributed by atoms with Crippen molar-refractivity contribution in [3.8, 4) is 0 Å². The van der Waals surface area contributed by atoms with Gasteiger partial charge in [0.25, 0.3) is 0 Å². The first-order valence-electron chi connectivity index (χ1n) is 5.93. The van der Waals surface area contributed by atoms with Crippen molar-refractivity contribution in [2.75, 3.05) is 17.2 Å². The van der Waals surface area contributed by atoms with E-state index < -0.39 is 0 Å². The highest BCUT2D eigenvalue weighted by Gasteiger charge is 2.28. The number of benzene rings is 1. The van der Waals surface area contributed by atoms with Gasteiger partial charge in [-0.15, -0.1) is 0 Å². The van der Waals surface area contributed by atoms with E-state index in [9.17, 15) is 0 Å². The number of hydrogen-bond donors (Lipinski definition) is 1. The van der Waals surface area contributed by atoms with Gasteiger partial charge < -0.3 is 10.6 Å². The fraction of sp³-hybridized carbons (Fsp3) is 0.538. The maximum atomic E-state index is 5.82. The van der Waals surface area contributed by atoms with E-state index in [1.807, 2.05) is 12.1 Å². The molecule has 0 heterocycles. The highest BCUT2D eigenvalue weighted by Crippen LogP contribution is 2.32. The number of nitrogen functional groups attached to an aromatic ring is 1. The largest absolute Gasteiger partial charge is 0.399 e. The van der Waals surface area contributed by atoms with Gasteiger partial charge in [0.05, 0.1) is 0 Å². The van der Waals surface area contributed by atoms with Gasteiger partial charge in [-0.25, -0.2) is 0 Å². The van der Waals surface area contributed by atoms with Crippen LogP contribution in [0.4, 0.5) is 11.4 Å². The Kier molecular flexibility index (Phi) is 3.14. The third-order valence-corrected chi connectivity index (χ3v) is 2.94. The van der Waals surface area contributed by atoms with E-state index in [1.54, 1.807) is 0 Å². The molecule has 15 heavy (non-hydrogen) atoms. The number of unbranched alkanes of at least 4 members (excludes halogenated alkanes) is 1. The molecule has 0 spiro atoms. The summed E-state index contributed by atoms with van der Waals surface area (Å²) in [6, 6.07) is 9.04. The number of nitrogens with two attached hydrogens (primary N) is 1. The second kappa shape index (κ2) is 4.56. The molecule has 2 N–H and O–H groups in total. The Balaban J connectivity index is 2.09. The Labute approximate surface area is 92.1 Å². The van der Waals surface area contributed by atoms with Gasteiger partial charge >= 0.3 is 0 Å². The molecule has 1 fully saturated rings. The molecular formula is C13H20N2. The average molecular weight is 204 g/mol. The van der Waals surface area contributed by atoms with Crippen molar-refractivity contribution in [3.63, 3.8) is 0 Å². The third-order valence-electron chi connectivity index (χ3n) is 2.94. The van der Waals surface area contributed by atoms with Crippen LogP contribution in [0.15, 0.2) is 24.3 Å². The monoisotopic (exact) mass is 204 g/mol. The molecule has 1 aromatic rings. The normalized spacial score (nSPS) is 15.3. The summed E-state index contributed by atoms with van der Waals surface area (Å²) in [6.07, 6.45) is 5.22. The molecule has 0 saturated heterocycles. The zero-order valence-corrected chi connectivity index (χ0v) is 9.45. The predicted molar refractivity (Wildman–Crippen MR) is 66.1 cm³/mol. The van der Waals surface area contributed by atoms with Crippen LogP contribution in [0.2, 0.25) is 0 Å². The van der Waals surface area contributed by atoms with Gasteiger partial charge in [-0.2, -0.15) is 0 Å². The van der Waals surface area contributed by atoms with Crippen LogP contribution in [0.1, 0.15) is 32.6 Å². The quantitative estimate of drug-likeness (QED) is 0.747. The molecule has 1 aliphatic rings. The molecule has 1 saturated carbocycles. The topological polar surface area (TPSA) is 29.3 Å². The van der Waals surface area contributed by atoms with Crippen molar-refractivity contribution in [2.24, 2.45) is 0 Å². The van der Waals surface area contributed by atoms with Crippen molar-refractivity contribution in [1.29, 1.82) is 0 Å². The van der Waals surface area contributed by atoms with Crippen LogP contribution < -0.4 is 10.6 Å². The number of rotatable bonds is 5. The van der Waals surface area contributed by atoms with E-state index in [1.165, 1.54) is 37.9 Å². The Morgan fingerprint density at radius 3 is 2.80 bits per heavy atom. The highest BCUT2D eigenvalue weighted by molar-refractivity contribution is 5.57. The molecule has 1 aliphatic carbocycles. The van der Waals surface area contributed by atoms with Crippen LogP contribution in [-0.2, 0) is 0 Å². The number of hydrogen-bond acceptors (Lipinski definition) is 2. The molecule has 82 valence electrons. The summed E-state index contributed by atoms with van der Waals surface area (Å²) in [5.41, 5.74) is 7.99. The summed E-state index contributed by atoms with van der Waals surface area (Å²) in [4.78, 5) is 2.51. The van der Waals surface area contributed by atoms with Gasteiger partial charge in [0.15, 0.2) is 0 Å². The van der Waals surface area contributed by atoms with E-state index in [4.69, 9.17) is 5.73 Å². The van der Waals surface area contributed by atoms with E-state index >= 15 is 0 Å². The van der Waals surface area contributed by atoms with Gasteiger partial charge in [0.1, 0.15) is 0 Å². The zero-order chi connectivity index (χ0) is 10.7. The number of anilines is 2. The molecule has 2 nitrogen and oxygen atoms in total. The van der Waals surface area contributed by atoms with Crippen molar-refractivity contribution >= 4 is 11.4 Å². The zero-order valence-electron chi connectivity index (χ0n) is 9.45. The number of nitrogens with zero attached hydrogens (tertiary/aromatic N) is 1. The molecule has 0 aliphatic heterocycles. The van der Waals surface area contributed by atoms with E-state index in [0.29, 0.717) is 0 Å². The third kappa shape index (κ3) is 2.65. The molecule has 0 bridgehead atoms. The van der Waals surface area contributed by atoms with Crippen LogP contribution in [0.3, 0.4) is 0 Å². The second-order valence-corrected chi connectivity index (χ2v) is 4.37. The average Bonchev–Trinajstić information content (AvgIpc) is 3.03. The fourth-order valence-electron chi connectivity index (χ4n) is 1.94. The summed E-state index contributed by atoms with van der Waals surface area (Å²) in [7, 11) is 0. The van der Waals surface area contributed by atoms with Gasteiger partial charge in [-0.3, -0.25) is 0 Å². The van der Waals surface area contributed by atoms with Crippen molar-refractivity contribution in [2.45, 2.75) is 38.6 Å². The molecule has 0 amide bonds. The first kappa shape index (κ1) is 10.3. The molecule has 2 rings (SSSR count). The summed E-state index contributed by atoms with van der Waals surface area (Å²) >= 11 is 0. The first-order chi connectivity index (χ1) is 7.31. The minimum Gasteiger partial charge on any atom is -0.399 e. The van der Waals surface area contributed by atoms with Crippen LogP contribution in [0, 0.1) is 0 Å². The predicted octanol–water partition coefficient (Wildman–Crippen LogP) is 3.04. The minimum absolute atomic E-state index is 0.776. The fourth-order valence-corrected chi connectivity index (χ4v) is 1.94. The molecule has 0 unspecified atom stereocenters. The van der Waals surface area contributed by atoms with Crippen LogP contribution in [0.25, 0.3) is 0 Å². The van der Waals surface area contributed by atoms with Gasteiger partial charge in [0, 0.05) is 24.0 Å². The lowest BCUT2D eigenvalue weighted by Gasteiger charge is -2.24. The second-order valence-electron chi connectivity index (χ2n) is 4.37. The van der Waals surface area contributed by atoms with Crippen molar-refractivity contribution < 1.29 is 0 Å². The molecule has 2 heteroatoms. The van der Waals surface area contributed by atoms with E-state index in [2.05, 4.69) is 24.0 Å². The van der Waals surface area contributed by atoms with Crippen LogP contribution in [-0.4, -0.2) is 12.6 Å². The maximum Gasteiger partial charge on any atom is 0.0389 e. The highest BCUT2D eigenvalue weighted by atomic mass is 15.2. The lowest BCUT2D eigenvalue weighted by atomic mass is 10.2. The van der Waals surface area contributed by atoms with E-state index in [-0.39, 0.29) is 0 Å². The Morgan fingerprint density at radius 2 is 2.20 bits per heavy atom. The van der Waals surface area contributed by atoms with Gasteiger partial charge in [-0.1, -0.05) is 19.4 Å². The van der Waals surface area contributed by atoms with E-state index in [0.717, 1.165) is 11.7 Å². The Hall–Kier alpha value is -1.18. The van der Waals surface area contributed by atoms with Crippen LogP contribution >= 0.6 is 0 Å². The van der Waals surface area contributed by atoms with Crippen molar-refractivity contribution in [1.82, 2.24) is 0 Å². The SMILES string of the molecule is CCCCN(c1cccc(N)c1)C1CC1. The molecule has 1 aromatic carbocycles. The Bertz CT molecular complexity index is 318. The summed E-state index contributed by atoms with van der Waals surface area (Å²) in [5, 5.41) is 0. The lowest BCUT2D eigenvalue weighted by Crippen LogP contribution is -2.26. The molecule has 0 atom stereocenters.